The summed E-state index contributed by atoms with van der Waals surface area (Å²) < 4.78 is 0. The second-order valence-corrected chi connectivity index (χ2v) is 13.1. The van der Waals surface area contributed by atoms with Crippen molar-refractivity contribution in [3.05, 3.63) is 0 Å². The predicted molar refractivity (Wildman–Crippen MR) is 150 cm³/mol. The van der Waals surface area contributed by atoms with Crippen LogP contribution in [-0.2, 0) is 14.4 Å². The number of rotatable bonds is 14. The number of hydrogen-bond acceptors (Lipinski definition) is 8. The highest BCUT2D eigenvalue weighted by molar-refractivity contribution is 8.00. The molecule has 4 fully saturated rings. The van der Waals surface area contributed by atoms with E-state index in [2.05, 4.69) is 33.9 Å². The normalized spacial score (nSPS) is 31.7. The third kappa shape index (κ3) is 8.02. The third-order valence-corrected chi connectivity index (χ3v) is 10.2. The third-order valence-electron chi connectivity index (χ3n) is 8.32. The van der Waals surface area contributed by atoms with Crippen LogP contribution in [0.4, 0.5) is 4.79 Å². The lowest BCUT2D eigenvalue weighted by atomic mass is 9.81. The number of imide groups is 1. The first-order valence-corrected chi connectivity index (χ1v) is 15.8. The van der Waals surface area contributed by atoms with Crippen LogP contribution in [0, 0.1) is 11.8 Å². The monoisotopic (exact) mass is 569 g/mol. The molecule has 0 aromatic heterocycles. The molecule has 0 aromatic carbocycles. The number of nitrogens with one attached hydrogen (secondary N) is 4. The number of carbonyl (C=O) groups is 4. The summed E-state index contributed by atoms with van der Waals surface area (Å²) in [6, 6.07) is 0.454. The van der Waals surface area contributed by atoms with Crippen molar-refractivity contribution in [2.75, 3.05) is 25.4 Å². The van der Waals surface area contributed by atoms with Crippen LogP contribution in [-0.4, -0.2) is 88.0 Å². The van der Waals surface area contributed by atoms with E-state index < -0.39 is 11.5 Å². The van der Waals surface area contributed by atoms with E-state index in [1.165, 1.54) is 4.90 Å². The number of fused-ring (bicyclic) bond motifs is 1. The molecule has 4 aliphatic rings. The molecule has 10 nitrogen and oxygen atoms in total. The van der Waals surface area contributed by atoms with Gasteiger partial charge in [-0.1, -0.05) is 6.42 Å². The number of thiol groups is 1. The molecule has 3 aliphatic heterocycles. The van der Waals surface area contributed by atoms with Crippen molar-refractivity contribution in [2.24, 2.45) is 11.8 Å². The standard InChI is InChI=1S/C26H43N5O5S2/c32-21(6-2-1-5-20-23-18(15-38-20)29-26(36)30-23)27-11-3-4-12-28-24(34)17-9-7-16(8-10-17)14-31-22(33)13-19(37)25(31)35/h16-21,23,27,32,37H,1-15H2,(H,28,34)(H2,29,30,36)/t16?,17?,18-,19?,20-,21?,23-/m0/s1. The Morgan fingerprint density at radius 2 is 1.84 bits per heavy atom. The van der Waals surface area contributed by atoms with E-state index in [1.807, 2.05) is 11.8 Å². The highest BCUT2D eigenvalue weighted by atomic mass is 32.2. The second-order valence-electron chi connectivity index (χ2n) is 11.2. The van der Waals surface area contributed by atoms with Gasteiger partial charge in [-0.15, -0.1) is 0 Å². The lowest BCUT2D eigenvalue weighted by Crippen LogP contribution is -2.39. The molecule has 0 bridgehead atoms. The molecule has 5 amide bonds. The minimum Gasteiger partial charge on any atom is -0.379 e. The Hall–Kier alpha value is -1.50. The number of hydrogen-bond donors (Lipinski definition) is 6. The lowest BCUT2D eigenvalue weighted by molar-refractivity contribution is -0.139. The molecular weight excluding hydrogens is 526 g/mol. The van der Waals surface area contributed by atoms with Crippen LogP contribution < -0.4 is 21.3 Å². The summed E-state index contributed by atoms with van der Waals surface area (Å²) in [5, 5.41) is 22.3. The van der Waals surface area contributed by atoms with Gasteiger partial charge in [-0.2, -0.15) is 24.4 Å². The molecule has 4 rings (SSSR count). The van der Waals surface area contributed by atoms with Crippen molar-refractivity contribution in [3.8, 4) is 0 Å². The fourth-order valence-corrected chi connectivity index (χ4v) is 7.86. The second kappa shape index (κ2) is 14.2. The number of nitrogens with zero attached hydrogens (tertiary/aromatic N) is 1. The summed E-state index contributed by atoms with van der Waals surface area (Å²) in [5.74, 6) is 1.03. The zero-order valence-electron chi connectivity index (χ0n) is 22.0. The maximum atomic E-state index is 12.5. The molecule has 1 saturated carbocycles. The van der Waals surface area contributed by atoms with Gasteiger partial charge in [-0.3, -0.25) is 24.6 Å². The van der Waals surface area contributed by atoms with Crippen molar-refractivity contribution in [3.63, 3.8) is 0 Å². The zero-order chi connectivity index (χ0) is 27.1. The van der Waals surface area contributed by atoms with Crippen molar-refractivity contribution < 1.29 is 24.3 Å². The first-order chi connectivity index (χ1) is 18.3. The number of urea groups is 1. The van der Waals surface area contributed by atoms with Crippen LogP contribution in [0.1, 0.15) is 70.6 Å². The van der Waals surface area contributed by atoms with E-state index in [0.717, 1.165) is 63.5 Å². The first-order valence-electron chi connectivity index (χ1n) is 14.2. The molecule has 214 valence electrons. The molecule has 38 heavy (non-hydrogen) atoms. The number of aliphatic hydroxyl groups excluding tert-OH is 1. The van der Waals surface area contributed by atoms with Crippen molar-refractivity contribution >= 4 is 48.1 Å². The number of aliphatic hydroxyl groups is 1. The van der Waals surface area contributed by atoms with Crippen LogP contribution in [0.25, 0.3) is 0 Å². The summed E-state index contributed by atoms with van der Waals surface area (Å²) >= 11 is 6.10. The van der Waals surface area contributed by atoms with Crippen LogP contribution in [0.15, 0.2) is 0 Å². The zero-order valence-corrected chi connectivity index (χ0v) is 23.7. The maximum Gasteiger partial charge on any atom is 0.315 e. The van der Waals surface area contributed by atoms with E-state index in [4.69, 9.17) is 0 Å². The fraction of sp³-hybridized carbons (Fsp3) is 0.846. The van der Waals surface area contributed by atoms with E-state index in [1.54, 1.807) is 0 Å². The number of unbranched alkanes of at least 4 members (excludes halogenated alkanes) is 2. The average molecular weight is 570 g/mol. The molecule has 5 N–H and O–H groups in total. The molecule has 5 atom stereocenters. The molecule has 3 heterocycles. The fourth-order valence-electron chi connectivity index (χ4n) is 6.03. The van der Waals surface area contributed by atoms with Gasteiger partial charge in [0.25, 0.3) is 0 Å². The van der Waals surface area contributed by atoms with E-state index >= 15 is 0 Å². The van der Waals surface area contributed by atoms with Gasteiger partial charge in [0, 0.05) is 36.4 Å². The van der Waals surface area contributed by atoms with Gasteiger partial charge in [0.2, 0.25) is 17.7 Å². The van der Waals surface area contributed by atoms with Crippen LogP contribution >= 0.6 is 24.4 Å². The predicted octanol–water partition coefficient (Wildman–Crippen LogP) is 1.38. The van der Waals surface area contributed by atoms with E-state index in [0.29, 0.717) is 31.3 Å². The molecule has 0 spiro atoms. The Labute approximate surface area is 235 Å². The molecule has 0 aromatic rings. The molecule has 0 radical (unpaired) electrons. The summed E-state index contributed by atoms with van der Waals surface area (Å²) in [4.78, 5) is 49.4. The number of amides is 5. The molecule has 12 heteroatoms. The highest BCUT2D eigenvalue weighted by Crippen LogP contribution is 2.33. The summed E-state index contributed by atoms with van der Waals surface area (Å²) in [6.45, 7) is 1.80. The Morgan fingerprint density at radius 3 is 2.58 bits per heavy atom. The summed E-state index contributed by atoms with van der Waals surface area (Å²) in [5.41, 5.74) is 0. The molecule has 1 aliphatic carbocycles. The SMILES string of the molecule is O=C1N[C@H]2[C@H](CS[C@H]2CCCCC(O)NCCCCNC(=O)C2CCC(CN3C(=O)CC(S)C3=O)CC2)N1. The average Bonchev–Trinajstić information content (AvgIpc) is 3.52. The largest absolute Gasteiger partial charge is 0.379 e. The van der Waals surface area contributed by atoms with E-state index in [9.17, 15) is 24.3 Å². The Kier molecular flexibility index (Phi) is 11.0. The lowest BCUT2D eigenvalue weighted by Gasteiger charge is -2.30. The number of likely N-dealkylation sites (tertiary alicyclic amines) is 1. The van der Waals surface area contributed by atoms with Gasteiger partial charge in [0.05, 0.1) is 17.3 Å². The number of thioether (sulfide) groups is 1. The minimum absolute atomic E-state index is 0.00326. The Morgan fingerprint density at radius 1 is 1.08 bits per heavy atom. The van der Waals surface area contributed by atoms with Crippen molar-refractivity contribution in [2.45, 2.75) is 99.4 Å². The Bertz CT molecular complexity index is 856. The molecule has 3 saturated heterocycles. The van der Waals surface area contributed by atoms with Gasteiger partial charge in [0.1, 0.15) is 6.23 Å². The minimum atomic E-state index is -0.513. The van der Waals surface area contributed by atoms with Crippen LogP contribution in [0.3, 0.4) is 0 Å². The molecular formula is C26H43N5O5S2. The van der Waals surface area contributed by atoms with Crippen molar-refractivity contribution in [1.29, 1.82) is 0 Å². The summed E-state index contributed by atoms with van der Waals surface area (Å²) in [6.07, 6.45) is 8.43. The van der Waals surface area contributed by atoms with E-state index in [-0.39, 0.29) is 54.1 Å². The van der Waals surface area contributed by atoms with Crippen LogP contribution in [0.2, 0.25) is 0 Å². The maximum absolute atomic E-state index is 12.5. The number of carbonyl (C=O) groups excluding carboxylic acids is 4. The molecule has 2 unspecified atom stereocenters. The van der Waals surface area contributed by atoms with Gasteiger partial charge < -0.3 is 21.1 Å². The van der Waals surface area contributed by atoms with Gasteiger partial charge >= 0.3 is 6.03 Å². The highest BCUT2D eigenvalue weighted by Gasteiger charge is 2.42. The quantitative estimate of drug-likeness (QED) is 0.0611. The van der Waals surface area contributed by atoms with Gasteiger partial charge in [0.15, 0.2) is 0 Å². The summed E-state index contributed by atoms with van der Waals surface area (Å²) in [7, 11) is 0. The smallest absolute Gasteiger partial charge is 0.315 e. The van der Waals surface area contributed by atoms with Crippen molar-refractivity contribution in [1.82, 2.24) is 26.2 Å². The van der Waals surface area contributed by atoms with Gasteiger partial charge in [-0.25, -0.2) is 4.79 Å². The Balaban J connectivity index is 0.973. The van der Waals surface area contributed by atoms with Crippen LogP contribution in [0.5, 0.6) is 0 Å². The first kappa shape index (κ1) is 29.5. The van der Waals surface area contributed by atoms with Gasteiger partial charge in [-0.05, 0) is 70.3 Å². The topological polar surface area (TPSA) is 140 Å².